The van der Waals surface area contributed by atoms with Crippen molar-refractivity contribution in [3.63, 3.8) is 0 Å². The van der Waals surface area contributed by atoms with Crippen LogP contribution in [0.25, 0.3) is 0 Å². The fourth-order valence-electron chi connectivity index (χ4n) is 1.78. The molecule has 0 aliphatic carbocycles. The van der Waals surface area contributed by atoms with Crippen molar-refractivity contribution < 1.29 is 24.5 Å². The van der Waals surface area contributed by atoms with Crippen LogP contribution in [0.15, 0.2) is 0 Å². The van der Waals surface area contributed by atoms with Crippen LogP contribution in [0, 0.1) is 5.92 Å². The number of nitrogens with one attached hydrogen (secondary N) is 2. The molecule has 1 fully saturated rings. The normalized spacial score (nSPS) is 22.2. The van der Waals surface area contributed by atoms with E-state index in [1.54, 1.807) is 0 Å². The molecule has 7 nitrogen and oxygen atoms in total. The largest absolute Gasteiger partial charge is 0.480 e. The summed E-state index contributed by atoms with van der Waals surface area (Å²) in [4.78, 5) is 22.1. The second kappa shape index (κ2) is 7.17. The molecular weight excluding hydrogens is 240 g/mol. The molecule has 104 valence electrons. The molecule has 0 spiro atoms. The SMILES string of the molecule is C[C@@H](O)[C@H](NC(=O)NCCC1CCOC1)C(=O)O. The second-order valence-corrected chi connectivity index (χ2v) is 4.48. The molecule has 0 aromatic heterocycles. The maximum absolute atomic E-state index is 11.4. The quantitative estimate of drug-likeness (QED) is 0.517. The van der Waals surface area contributed by atoms with Gasteiger partial charge in [0.15, 0.2) is 6.04 Å². The Balaban J connectivity index is 2.21. The summed E-state index contributed by atoms with van der Waals surface area (Å²) in [5, 5.41) is 22.7. The summed E-state index contributed by atoms with van der Waals surface area (Å²) in [6, 6.07) is -1.87. The Bertz CT molecular complexity index is 289. The molecule has 0 saturated carbocycles. The number of carbonyl (C=O) groups excluding carboxylic acids is 1. The van der Waals surface area contributed by atoms with E-state index in [0.29, 0.717) is 19.1 Å². The number of aliphatic hydroxyl groups excluding tert-OH is 1. The van der Waals surface area contributed by atoms with E-state index in [1.807, 2.05) is 0 Å². The van der Waals surface area contributed by atoms with Gasteiger partial charge in [-0.1, -0.05) is 0 Å². The van der Waals surface area contributed by atoms with E-state index in [4.69, 9.17) is 9.84 Å². The van der Waals surface area contributed by atoms with Gasteiger partial charge in [-0.25, -0.2) is 9.59 Å². The predicted octanol–water partition coefficient (Wildman–Crippen LogP) is -0.454. The van der Waals surface area contributed by atoms with Gasteiger partial charge in [0.1, 0.15) is 0 Å². The van der Waals surface area contributed by atoms with Crippen LogP contribution >= 0.6 is 0 Å². The number of hydrogen-bond acceptors (Lipinski definition) is 4. The Hall–Kier alpha value is -1.34. The van der Waals surface area contributed by atoms with E-state index in [0.717, 1.165) is 19.4 Å². The molecule has 1 saturated heterocycles. The van der Waals surface area contributed by atoms with E-state index in [1.165, 1.54) is 6.92 Å². The zero-order valence-corrected chi connectivity index (χ0v) is 10.4. The number of rotatable bonds is 6. The number of carbonyl (C=O) groups is 2. The molecule has 0 bridgehead atoms. The predicted molar refractivity (Wildman–Crippen MR) is 63.2 cm³/mol. The van der Waals surface area contributed by atoms with Gasteiger partial charge in [0.25, 0.3) is 0 Å². The highest BCUT2D eigenvalue weighted by atomic mass is 16.5. The lowest BCUT2D eigenvalue weighted by molar-refractivity contribution is -0.141. The molecule has 1 aliphatic heterocycles. The second-order valence-electron chi connectivity index (χ2n) is 4.48. The molecule has 0 aromatic rings. The van der Waals surface area contributed by atoms with E-state index in [9.17, 15) is 14.7 Å². The Morgan fingerprint density at radius 1 is 1.50 bits per heavy atom. The molecule has 1 heterocycles. The summed E-state index contributed by atoms with van der Waals surface area (Å²) in [5.74, 6) is -0.804. The molecule has 18 heavy (non-hydrogen) atoms. The number of carboxylic acids is 1. The van der Waals surface area contributed by atoms with Crippen LogP contribution < -0.4 is 10.6 Å². The third-order valence-electron chi connectivity index (χ3n) is 2.90. The molecule has 3 atom stereocenters. The lowest BCUT2D eigenvalue weighted by Gasteiger charge is -2.17. The number of hydrogen-bond donors (Lipinski definition) is 4. The molecule has 4 N–H and O–H groups in total. The van der Waals surface area contributed by atoms with Crippen molar-refractivity contribution in [1.82, 2.24) is 10.6 Å². The average Bonchev–Trinajstić information content (AvgIpc) is 2.78. The molecule has 1 rings (SSSR count). The third-order valence-corrected chi connectivity index (χ3v) is 2.90. The van der Waals surface area contributed by atoms with Crippen LogP contribution in [0.2, 0.25) is 0 Å². The summed E-state index contributed by atoms with van der Waals surface area (Å²) >= 11 is 0. The molecule has 0 aromatic carbocycles. The van der Waals surface area contributed by atoms with Gasteiger partial charge in [0, 0.05) is 19.8 Å². The van der Waals surface area contributed by atoms with Gasteiger partial charge in [-0.15, -0.1) is 0 Å². The van der Waals surface area contributed by atoms with Crippen molar-refractivity contribution >= 4 is 12.0 Å². The Labute approximate surface area is 106 Å². The van der Waals surface area contributed by atoms with Gasteiger partial charge in [-0.05, 0) is 25.7 Å². The van der Waals surface area contributed by atoms with Crippen molar-refractivity contribution in [1.29, 1.82) is 0 Å². The van der Waals surface area contributed by atoms with Crippen LogP contribution in [-0.4, -0.2) is 54.1 Å². The number of urea groups is 1. The zero-order chi connectivity index (χ0) is 13.5. The standard InChI is InChI=1S/C11H20N2O5/c1-7(14)9(10(15)16)13-11(17)12-4-2-8-3-5-18-6-8/h7-9,14H,2-6H2,1H3,(H,15,16)(H2,12,13,17)/t7-,8?,9+/m1/s1. The van der Waals surface area contributed by atoms with E-state index in [2.05, 4.69) is 10.6 Å². The summed E-state index contributed by atoms with van der Waals surface area (Å²) in [7, 11) is 0. The smallest absolute Gasteiger partial charge is 0.328 e. The minimum absolute atomic E-state index is 0.456. The monoisotopic (exact) mass is 260 g/mol. The number of amides is 2. The molecule has 7 heteroatoms. The number of aliphatic hydroxyl groups is 1. The van der Waals surface area contributed by atoms with Crippen molar-refractivity contribution in [2.45, 2.75) is 31.9 Å². The summed E-state index contributed by atoms with van der Waals surface area (Å²) < 4.78 is 5.20. The van der Waals surface area contributed by atoms with Gasteiger partial charge in [0.2, 0.25) is 0 Å². The highest BCUT2D eigenvalue weighted by molar-refractivity contribution is 5.82. The molecule has 0 radical (unpaired) electrons. The van der Waals surface area contributed by atoms with Crippen LogP contribution in [0.5, 0.6) is 0 Å². The van der Waals surface area contributed by atoms with Crippen LogP contribution in [-0.2, 0) is 9.53 Å². The highest BCUT2D eigenvalue weighted by Crippen LogP contribution is 2.14. The van der Waals surface area contributed by atoms with E-state index < -0.39 is 24.1 Å². The Morgan fingerprint density at radius 2 is 2.22 bits per heavy atom. The highest BCUT2D eigenvalue weighted by Gasteiger charge is 2.24. The third kappa shape index (κ3) is 4.89. The molecule has 2 amide bonds. The lowest BCUT2D eigenvalue weighted by Crippen LogP contribution is -2.51. The first-order valence-corrected chi connectivity index (χ1v) is 6.03. The number of ether oxygens (including phenoxy) is 1. The van der Waals surface area contributed by atoms with E-state index in [-0.39, 0.29) is 0 Å². The number of aliphatic carboxylic acids is 1. The van der Waals surface area contributed by atoms with Gasteiger partial charge in [-0.3, -0.25) is 0 Å². The summed E-state index contributed by atoms with van der Waals surface area (Å²) in [6.07, 6.45) is 0.658. The maximum atomic E-state index is 11.4. The first kappa shape index (κ1) is 14.7. The van der Waals surface area contributed by atoms with Crippen molar-refractivity contribution in [2.24, 2.45) is 5.92 Å². The topological polar surface area (TPSA) is 108 Å². The molecular formula is C11H20N2O5. The van der Waals surface area contributed by atoms with Gasteiger partial charge >= 0.3 is 12.0 Å². The minimum atomic E-state index is -1.29. The lowest BCUT2D eigenvalue weighted by atomic mass is 10.1. The van der Waals surface area contributed by atoms with Crippen LogP contribution in [0.4, 0.5) is 4.79 Å². The average molecular weight is 260 g/mol. The number of carboxylic acid groups (broad SMARTS) is 1. The van der Waals surface area contributed by atoms with Crippen molar-refractivity contribution in [3.8, 4) is 0 Å². The van der Waals surface area contributed by atoms with Crippen molar-refractivity contribution in [2.75, 3.05) is 19.8 Å². The summed E-state index contributed by atoms with van der Waals surface area (Å²) in [5.41, 5.74) is 0. The Morgan fingerprint density at radius 3 is 2.72 bits per heavy atom. The summed E-state index contributed by atoms with van der Waals surface area (Å²) in [6.45, 7) is 3.26. The van der Waals surface area contributed by atoms with Crippen LogP contribution in [0.3, 0.4) is 0 Å². The fraction of sp³-hybridized carbons (Fsp3) is 0.818. The van der Waals surface area contributed by atoms with Crippen LogP contribution in [0.1, 0.15) is 19.8 Å². The fourth-order valence-corrected chi connectivity index (χ4v) is 1.78. The maximum Gasteiger partial charge on any atom is 0.328 e. The molecule has 1 aliphatic rings. The first-order valence-electron chi connectivity index (χ1n) is 6.03. The Kier molecular flexibility index (Phi) is 5.87. The van der Waals surface area contributed by atoms with Crippen molar-refractivity contribution in [3.05, 3.63) is 0 Å². The minimum Gasteiger partial charge on any atom is -0.480 e. The van der Waals surface area contributed by atoms with Gasteiger partial charge in [0.05, 0.1) is 6.10 Å². The zero-order valence-electron chi connectivity index (χ0n) is 10.4. The molecule has 1 unspecified atom stereocenters. The van der Waals surface area contributed by atoms with E-state index >= 15 is 0 Å². The van der Waals surface area contributed by atoms with Gasteiger partial charge in [-0.2, -0.15) is 0 Å². The first-order chi connectivity index (χ1) is 8.50. The van der Waals surface area contributed by atoms with Gasteiger partial charge < -0.3 is 25.6 Å².